The predicted octanol–water partition coefficient (Wildman–Crippen LogP) is -0.0299. The highest BCUT2D eigenvalue weighted by Crippen LogP contribution is 2.08. The summed E-state index contributed by atoms with van der Waals surface area (Å²) in [6.07, 6.45) is 1.46. The van der Waals surface area contributed by atoms with Crippen LogP contribution in [0.2, 0.25) is 0 Å². The van der Waals surface area contributed by atoms with Crippen LogP contribution in [0.15, 0.2) is 0 Å². The minimum atomic E-state index is -3.41. The topological polar surface area (TPSA) is 75.7 Å². The van der Waals surface area contributed by atoms with Crippen LogP contribution in [-0.4, -0.2) is 45.8 Å². The number of nitrogens with zero attached hydrogens (tertiary/aromatic N) is 1. The van der Waals surface area contributed by atoms with E-state index in [0.717, 1.165) is 11.3 Å². The summed E-state index contributed by atoms with van der Waals surface area (Å²) in [6, 6.07) is -0.778. The van der Waals surface area contributed by atoms with Gasteiger partial charge >= 0.3 is 0 Å². The monoisotopic (exact) mass is 252 g/mol. The summed E-state index contributed by atoms with van der Waals surface area (Å²) in [5.41, 5.74) is 0. The molecule has 0 saturated carbocycles. The van der Waals surface area contributed by atoms with Crippen molar-refractivity contribution in [2.75, 3.05) is 20.4 Å². The number of likely N-dealkylation sites (N-methyl/N-ethyl adjacent to an activating group) is 1. The zero-order chi connectivity index (χ0) is 12.9. The zero-order valence-electron chi connectivity index (χ0n) is 10.4. The lowest BCUT2D eigenvalue weighted by Crippen LogP contribution is -2.47. The fourth-order valence-electron chi connectivity index (χ4n) is 1.24. The van der Waals surface area contributed by atoms with Crippen LogP contribution in [0.5, 0.6) is 0 Å². The van der Waals surface area contributed by atoms with Crippen LogP contribution in [0, 0.1) is 5.92 Å². The fourth-order valence-corrected chi connectivity index (χ4v) is 1.95. The number of hydrogen-bond donors (Lipinski definition) is 1. The fraction of sp³-hybridized carbons (Fsp3) is 0.889. The van der Waals surface area contributed by atoms with E-state index in [1.165, 1.54) is 14.2 Å². The Hall–Kier alpha value is -0.660. The summed E-state index contributed by atoms with van der Waals surface area (Å²) in [7, 11) is -0.613. The van der Waals surface area contributed by atoms with E-state index >= 15 is 0 Å². The van der Waals surface area contributed by atoms with Gasteiger partial charge in [-0.25, -0.2) is 18.2 Å². The number of sulfonamides is 1. The van der Waals surface area contributed by atoms with Gasteiger partial charge in [-0.2, -0.15) is 0 Å². The second-order valence-electron chi connectivity index (χ2n) is 4.09. The molecule has 0 bridgehead atoms. The van der Waals surface area contributed by atoms with Gasteiger partial charge < -0.3 is 0 Å². The Morgan fingerprint density at radius 1 is 1.44 bits per heavy atom. The molecule has 96 valence electrons. The van der Waals surface area contributed by atoms with E-state index in [0.29, 0.717) is 6.42 Å². The van der Waals surface area contributed by atoms with Gasteiger partial charge in [0.15, 0.2) is 0 Å². The van der Waals surface area contributed by atoms with Gasteiger partial charge in [0.05, 0.1) is 13.4 Å². The Labute approximate surface area is 97.0 Å². The van der Waals surface area contributed by atoms with Crippen molar-refractivity contribution < 1.29 is 18.0 Å². The lowest BCUT2D eigenvalue weighted by Gasteiger charge is -2.23. The molecule has 0 aliphatic heterocycles. The van der Waals surface area contributed by atoms with Crippen molar-refractivity contribution in [1.29, 1.82) is 0 Å². The maximum atomic E-state index is 11.8. The van der Waals surface area contributed by atoms with Crippen LogP contribution in [0.3, 0.4) is 0 Å². The Bertz CT molecular complexity index is 326. The third kappa shape index (κ3) is 6.04. The highest BCUT2D eigenvalue weighted by Gasteiger charge is 2.26. The molecule has 7 heteroatoms. The summed E-state index contributed by atoms with van der Waals surface area (Å²) >= 11 is 0. The molecule has 16 heavy (non-hydrogen) atoms. The van der Waals surface area contributed by atoms with Crippen LogP contribution in [0.4, 0.5) is 0 Å². The molecule has 1 amide bonds. The van der Waals surface area contributed by atoms with Gasteiger partial charge in [0.25, 0.3) is 5.91 Å². The van der Waals surface area contributed by atoms with Gasteiger partial charge in [-0.05, 0) is 12.3 Å². The third-order valence-corrected chi connectivity index (χ3v) is 2.66. The Kier molecular flexibility index (Phi) is 5.91. The van der Waals surface area contributed by atoms with E-state index in [-0.39, 0.29) is 5.92 Å². The summed E-state index contributed by atoms with van der Waals surface area (Å²) in [6.45, 7) is 3.83. The molecule has 0 saturated heterocycles. The SMILES string of the molecule is CON(C)C(=O)C(CC(C)C)NS(C)(=O)=O. The number of rotatable bonds is 6. The predicted molar refractivity (Wildman–Crippen MR) is 61.0 cm³/mol. The van der Waals surface area contributed by atoms with Gasteiger partial charge in [-0.1, -0.05) is 13.8 Å². The summed E-state index contributed by atoms with van der Waals surface area (Å²) in [5, 5.41) is 1.02. The molecule has 0 radical (unpaired) electrons. The second-order valence-corrected chi connectivity index (χ2v) is 5.87. The maximum Gasteiger partial charge on any atom is 0.263 e. The molecule has 1 N–H and O–H groups in total. The molecule has 0 spiro atoms. The van der Waals surface area contributed by atoms with Gasteiger partial charge in [-0.15, -0.1) is 0 Å². The normalized spacial score (nSPS) is 13.9. The number of nitrogens with one attached hydrogen (secondary N) is 1. The molecule has 6 nitrogen and oxygen atoms in total. The highest BCUT2D eigenvalue weighted by atomic mass is 32.2. The van der Waals surface area contributed by atoms with Crippen molar-refractivity contribution in [2.24, 2.45) is 5.92 Å². The van der Waals surface area contributed by atoms with Crippen molar-refractivity contribution >= 4 is 15.9 Å². The van der Waals surface area contributed by atoms with Crippen molar-refractivity contribution in [3.8, 4) is 0 Å². The minimum absolute atomic E-state index is 0.202. The molecular formula is C9H20N2O4S. The van der Waals surface area contributed by atoms with E-state index in [2.05, 4.69) is 4.72 Å². The molecule has 0 heterocycles. The first-order chi connectivity index (χ1) is 7.17. The molecule has 1 unspecified atom stereocenters. The summed E-state index contributed by atoms with van der Waals surface area (Å²) in [5.74, 6) is -0.199. The summed E-state index contributed by atoms with van der Waals surface area (Å²) in [4.78, 5) is 16.5. The van der Waals surface area contributed by atoms with E-state index < -0.39 is 22.0 Å². The largest absolute Gasteiger partial charge is 0.275 e. The van der Waals surface area contributed by atoms with Gasteiger partial charge in [0, 0.05) is 7.05 Å². The van der Waals surface area contributed by atoms with Crippen molar-refractivity contribution in [3.05, 3.63) is 0 Å². The lowest BCUT2D eigenvalue weighted by atomic mass is 10.0. The zero-order valence-corrected chi connectivity index (χ0v) is 11.2. The minimum Gasteiger partial charge on any atom is -0.275 e. The smallest absolute Gasteiger partial charge is 0.263 e. The number of carbonyl (C=O) groups is 1. The quantitative estimate of drug-likeness (QED) is 0.674. The van der Waals surface area contributed by atoms with Gasteiger partial charge in [0.1, 0.15) is 6.04 Å². The Morgan fingerprint density at radius 3 is 2.25 bits per heavy atom. The highest BCUT2D eigenvalue weighted by molar-refractivity contribution is 7.88. The van der Waals surface area contributed by atoms with Crippen LogP contribution in [0.1, 0.15) is 20.3 Å². The van der Waals surface area contributed by atoms with E-state index in [1.54, 1.807) is 0 Å². The van der Waals surface area contributed by atoms with E-state index in [1.807, 2.05) is 13.8 Å². The Balaban J connectivity index is 4.73. The number of hydrogen-bond acceptors (Lipinski definition) is 4. The van der Waals surface area contributed by atoms with Crippen LogP contribution >= 0.6 is 0 Å². The first-order valence-electron chi connectivity index (χ1n) is 4.96. The Morgan fingerprint density at radius 2 is 1.94 bits per heavy atom. The van der Waals surface area contributed by atoms with Crippen molar-refractivity contribution in [2.45, 2.75) is 26.3 Å². The standard InChI is InChI=1S/C9H20N2O4S/c1-7(2)6-8(10-16(5,13)14)9(12)11(3)15-4/h7-8,10H,6H2,1-5H3. The number of amides is 1. The van der Waals surface area contributed by atoms with Crippen LogP contribution in [0.25, 0.3) is 0 Å². The molecule has 1 atom stereocenters. The average molecular weight is 252 g/mol. The average Bonchev–Trinajstić information content (AvgIpc) is 2.11. The maximum absolute atomic E-state index is 11.8. The molecule has 0 aliphatic carbocycles. The first-order valence-corrected chi connectivity index (χ1v) is 6.85. The number of hydroxylamine groups is 2. The molecular weight excluding hydrogens is 232 g/mol. The molecule has 0 aromatic heterocycles. The second kappa shape index (κ2) is 6.17. The van der Waals surface area contributed by atoms with Crippen molar-refractivity contribution in [1.82, 2.24) is 9.79 Å². The molecule has 0 aromatic carbocycles. The third-order valence-electron chi connectivity index (χ3n) is 1.95. The van der Waals surface area contributed by atoms with E-state index in [4.69, 9.17) is 4.84 Å². The van der Waals surface area contributed by atoms with Crippen molar-refractivity contribution in [3.63, 3.8) is 0 Å². The number of carbonyl (C=O) groups excluding carboxylic acids is 1. The van der Waals surface area contributed by atoms with Crippen LogP contribution in [-0.2, 0) is 19.7 Å². The molecule has 0 rings (SSSR count). The molecule has 0 aliphatic rings. The lowest BCUT2D eigenvalue weighted by molar-refractivity contribution is -0.170. The first kappa shape index (κ1) is 15.3. The summed E-state index contributed by atoms with van der Waals surface area (Å²) < 4.78 is 24.5. The van der Waals surface area contributed by atoms with Gasteiger partial charge in [-0.3, -0.25) is 9.63 Å². The van der Waals surface area contributed by atoms with E-state index in [9.17, 15) is 13.2 Å². The van der Waals surface area contributed by atoms with Crippen LogP contribution < -0.4 is 4.72 Å². The van der Waals surface area contributed by atoms with Gasteiger partial charge in [0.2, 0.25) is 10.0 Å². The molecule has 0 fully saturated rings. The molecule has 0 aromatic rings.